The lowest BCUT2D eigenvalue weighted by Gasteiger charge is -2.24. The van der Waals surface area contributed by atoms with E-state index in [2.05, 4.69) is 0 Å². The molecule has 1 aliphatic rings. The molecule has 0 aromatic heterocycles. The average molecular weight is 250 g/mol. The molecular weight excluding hydrogens is 227 g/mol. The van der Waals surface area contributed by atoms with Gasteiger partial charge in [0.15, 0.2) is 0 Å². The minimum atomic E-state index is -0.325. The van der Waals surface area contributed by atoms with Gasteiger partial charge < -0.3 is 5.11 Å². The van der Waals surface area contributed by atoms with Crippen LogP contribution in [0.3, 0.4) is 0 Å². The van der Waals surface area contributed by atoms with Crippen molar-refractivity contribution >= 4 is 0 Å². The van der Waals surface area contributed by atoms with Crippen LogP contribution in [0.1, 0.15) is 49.7 Å². The van der Waals surface area contributed by atoms with Crippen LogP contribution in [0.15, 0.2) is 18.2 Å². The Morgan fingerprint density at radius 2 is 2.00 bits per heavy atom. The number of hydrogen-bond donors (Lipinski definition) is 1. The molecular formula is C16H23FO. The first kappa shape index (κ1) is 13.5. The molecule has 1 nitrogen and oxygen atoms in total. The first-order chi connectivity index (χ1) is 8.65. The molecule has 1 aliphatic carbocycles. The van der Waals surface area contributed by atoms with Crippen LogP contribution in [0, 0.1) is 18.7 Å². The number of aryl methyl sites for hydroxylation is 1. The second-order valence-electron chi connectivity index (χ2n) is 5.67. The summed E-state index contributed by atoms with van der Waals surface area (Å²) in [6, 6.07) is 4.82. The van der Waals surface area contributed by atoms with Crippen LogP contribution < -0.4 is 0 Å². The maximum atomic E-state index is 13.2. The van der Waals surface area contributed by atoms with E-state index in [-0.39, 0.29) is 11.9 Å². The van der Waals surface area contributed by atoms with Crippen LogP contribution in [-0.4, -0.2) is 11.2 Å². The molecule has 0 radical (unpaired) electrons. The Hall–Kier alpha value is -0.890. The van der Waals surface area contributed by atoms with Crippen LogP contribution in [0.4, 0.5) is 4.39 Å². The normalized spacial score (nSPS) is 18.8. The number of benzene rings is 1. The van der Waals surface area contributed by atoms with Crippen molar-refractivity contribution in [2.45, 2.75) is 58.0 Å². The smallest absolute Gasteiger partial charge is 0.123 e. The monoisotopic (exact) mass is 250 g/mol. The maximum Gasteiger partial charge on any atom is 0.123 e. The first-order valence-electron chi connectivity index (χ1n) is 7.08. The van der Waals surface area contributed by atoms with Crippen molar-refractivity contribution in [3.8, 4) is 0 Å². The van der Waals surface area contributed by atoms with Gasteiger partial charge in [-0.05, 0) is 48.9 Å². The summed E-state index contributed by atoms with van der Waals surface area (Å²) in [5.41, 5.74) is 2.01. The standard InChI is InChI=1S/C16H23FO/c1-12-7-8-15(17)10-14(12)11-16(18)9-13-5-3-2-4-6-13/h7-8,10,13,16,18H,2-6,9,11H2,1H3. The Bertz CT molecular complexity index is 383. The molecule has 100 valence electrons. The van der Waals surface area contributed by atoms with Crippen molar-refractivity contribution in [1.29, 1.82) is 0 Å². The molecule has 1 atom stereocenters. The fraction of sp³-hybridized carbons (Fsp3) is 0.625. The van der Waals surface area contributed by atoms with E-state index in [1.165, 1.54) is 38.2 Å². The fourth-order valence-electron chi connectivity index (χ4n) is 3.00. The highest BCUT2D eigenvalue weighted by atomic mass is 19.1. The van der Waals surface area contributed by atoms with Crippen LogP contribution in [0.5, 0.6) is 0 Å². The molecule has 0 bridgehead atoms. The van der Waals surface area contributed by atoms with E-state index in [0.29, 0.717) is 12.3 Å². The van der Waals surface area contributed by atoms with Crippen LogP contribution in [-0.2, 0) is 6.42 Å². The van der Waals surface area contributed by atoms with Gasteiger partial charge in [0, 0.05) is 0 Å². The van der Waals surface area contributed by atoms with Gasteiger partial charge in [-0.3, -0.25) is 0 Å². The largest absolute Gasteiger partial charge is 0.393 e. The van der Waals surface area contributed by atoms with Gasteiger partial charge in [0.1, 0.15) is 5.82 Å². The van der Waals surface area contributed by atoms with Gasteiger partial charge in [-0.25, -0.2) is 4.39 Å². The van der Waals surface area contributed by atoms with E-state index in [9.17, 15) is 9.50 Å². The lowest BCUT2D eigenvalue weighted by atomic mass is 9.84. The topological polar surface area (TPSA) is 20.2 Å². The molecule has 1 N–H and O–H groups in total. The van der Waals surface area contributed by atoms with Gasteiger partial charge in [-0.2, -0.15) is 0 Å². The van der Waals surface area contributed by atoms with Crippen LogP contribution >= 0.6 is 0 Å². The number of rotatable bonds is 4. The Balaban J connectivity index is 1.89. The van der Waals surface area contributed by atoms with Crippen molar-refractivity contribution < 1.29 is 9.50 Å². The SMILES string of the molecule is Cc1ccc(F)cc1CC(O)CC1CCCCC1. The van der Waals surface area contributed by atoms with Gasteiger partial charge in [0.2, 0.25) is 0 Å². The van der Waals surface area contributed by atoms with Gasteiger partial charge in [0.05, 0.1) is 6.10 Å². The minimum Gasteiger partial charge on any atom is -0.393 e. The van der Waals surface area contributed by atoms with Crippen molar-refractivity contribution in [3.05, 3.63) is 35.1 Å². The molecule has 0 aliphatic heterocycles. The van der Waals surface area contributed by atoms with Gasteiger partial charge in [0.25, 0.3) is 0 Å². The lowest BCUT2D eigenvalue weighted by molar-refractivity contribution is 0.130. The Morgan fingerprint density at radius 3 is 2.72 bits per heavy atom. The van der Waals surface area contributed by atoms with Gasteiger partial charge in [-0.15, -0.1) is 0 Å². The molecule has 1 aromatic carbocycles. The van der Waals surface area contributed by atoms with Crippen molar-refractivity contribution in [3.63, 3.8) is 0 Å². The third-order valence-electron chi connectivity index (χ3n) is 4.10. The molecule has 2 rings (SSSR count). The summed E-state index contributed by atoms with van der Waals surface area (Å²) in [6.45, 7) is 1.97. The van der Waals surface area contributed by atoms with E-state index in [1.54, 1.807) is 12.1 Å². The van der Waals surface area contributed by atoms with Crippen molar-refractivity contribution in [2.24, 2.45) is 5.92 Å². The molecule has 0 amide bonds. The Labute approximate surface area is 109 Å². The number of hydrogen-bond acceptors (Lipinski definition) is 1. The van der Waals surface area contributed by atoms with E-state index >= 15 is 0 Å². The maximum absolute atomic E-state index is 13.2. The van der Waals surface area contributed by atoms with Crippen LogP contribution in [0.25, 0.3) is 0 Å². The minimum absolute atomic E-state index is 0.208. The van der Waals surface area contributed by atoms with Crippen molar-refractivity contribution in [1.82, 2.24) is 0 Å². The number of aliphatic hydroxyl groups excluding tert-OH is 1. The lowest BCUT2D eigenvalue weighted by Crippen LogP contribution is -2.18. The predicted molar refractivity (Wildman–Crippen MR) is 72.0 cm³/mol. The van der Waals surface area contributed by atoms with Crippen LogP contribution in [0.2, 0.25) is 0 Å². The average Bonchev–Trinajstić information content (AvgIpc) is 2.35. The molecule has 0 heterocycles. The van der Waals surface area contributed by atoms with Crippen molar-refractivity contribution in [2.75, 3.05) is 0 Å². The van der Waals surface area contributed by atoms with Gasteiger partial charge >= 0.3 is 0 Å². The summed E-state index contributed by atoms with van der Waals surface area (Å²) >= 11 is 0. The summed E-state index contributed by atoms with van der Waals surface area (Å²) < 4.78 is 13.2. The molecule has 1 saturated carbocycles. The fourth-order valence-corrected chi connectivity index (χ4v) is 3.00. The first-order valence-corrected chi connectivity index (χ1v) is 7.08. The van der Waals surface area contributed by atoms with E-state index in [1.807, 2.05) is 6.92 Å². The third kappa shape index (κ3) is 3.81. The highest BCUT2D eigenvalue weighted by Gasteiger charge is 2.18. The summed E-state index contributed by atoms with van der Waals surface area (Å²) in [5.74, 6) is 0.461. The molecule has 1 aromatic rings. The van der Waals surface area contributed by atoms with Gasteiger partial charge in [-0.1, -0.05) is 38.2 Å². The third-order valence-corrected chi connectivity index (χ3v) is 4.10. The number of halogens is 1. The number of aliphatic hydroxyl groups is 1. The zero-order valence-corrected chi connectivity index (χ0v) is 11.2. The highest BCUT2D eigenvalue weighted by molar-refractivity contribution is 5.27. The molecule has 0 spiro atoms. The summed E-state index contributed by atoms with van der Waals surface area (Å²) in [7, 11) is 0. The predicted octanol–water partition coefficient (Wildman–Crippen LogP) is 4.01. The molecule has 1 fully saturated rings. The molecule has 18 heavy (non-hydrogen) atoms. The van der Waals surface area contributed by atoms with E-state index in [0.717, 1.165) is 17.5 Å². The van der Waals surface area contributed by atoms with E-state index < -0.39 is 0 Å². The zero-order chi connectivity index (χ0) is 13.0. The Morgan fingerprint density at radius 1 is 1.28 bits per heavy atom. The highest BCUT2D eigenvalue weighted by Crippen LogP contribution is 2.28. The second-order valence-corrected chi connectivity index (χ2v) is 5.67. The summed E-state index contributed by atoms with van der Waals surface area (Å²) in [6.07, 6.45) is 7.57. The molecule has 2 heteroatoms. The molecule has 1 unspecified atom stereocenters. The summed E-state index contributed by atoms with van der Waals surface area (Å²) in [4.78, 5) is 0. The second kappa shape index (κ2) is 6.33. The zero-order valence-electron chi connectivity index (χ0n) is 11.2. The molecule has 0 saturated heterocycles. The quantitative estimate of drug-likeness (QED) is 0.856. The summed E-state index contributed by atoms with van der Waals surface area (Å²) in [5, 5.41) is 10.1. The Kier molecular flexibility index (Phi) is 4.76. The van der Waals surface area contributed by atoms with E-state index in [4.69, 9.17) is 0 Å².